The summed E-state index contributed by atoms with van der Waals surface area (Å²) in [6.45, 7) is 0. The highest BCUT2D eigenvalue weighted by Crippen LogP contribution is 2.13. The van der Waals surface area contributed by atoms with Crippen LogP contribution in [0.5, 0.6) is 6.01 Å². The second kappa shape index (κ2) is 5.08. The van der Waals surface area contributed by atoms with E-state index in [1.165, 1.54) is 13.2 Å². The second-order valence-electron chi connectivity index (χ2n) is 4.11. The van der Waals surface area contributed by atoms with Crippen LogP contribution in [0, 0.1) is 0 Å². The molecule has 1 amide bonds. The van der Waals surface area contributed by atoms with Gasteiger partial charge in [-0.2, -0.15) is 4.98 Å². The van der Waals surface area contributed by atoms with E-state index in [1.54, 1.807) is 24.3 Å². The zero-order valence-corrected chi connectivity index (χ0v) is 10.9. The van der Waals surface area contributed by atoms with Gasteiger partial charge in [0.15, 0.2) is 0 Å². The second-order valence-corrected chi connectivity index (χ2v) is 4.11. The predicted molar refractivity (Wildman–Crippen MR) is 73.4 cm³/mol. The van der Waals surface area contributed by atoms with Gasteiger partial charge in [-0.25, -0.2) is 9.89 Å². The number of benzene rings is 1. The van der Waals surface area contributed by atoms with Crippen LogP contribution in [0.2, 0.25) is 0 Å². The quantitative estimate of drug-likeness (QED) is 0.699. The molecule has 0 bridgehead atoms. The molecule has 0 radical (unpaired) electrons. The molecule has 2 N–H and O–H groups in total. The lowest BCUT2D eigenvalue weighted by Crippen LogP contribution is -2.21. The molecule has 8 heteroatoms. The van der Waals surface area contributed by atoms with Crippen LogP contribution in [0.3, 0.4) is 0 Å². The molecule has 0 unspecified atom stereocenters. The molecule has 0 atom stereocenters. The normalized spacial score (nSPS) is 10.5. The lowest BCUT2D eigenvalue weighted by molar-refractivity contribution is 0.102. The monoisotopic (exact) mass is 286 g/mol. The molecule has 8 nitrogen and oxygen atoms in total. The highest BCUT2D eigenvalue weighted by molar-refractivity contribution is 6.04. The van der Waals surface area contributed by atoms with E-state index in [1.807, 2.05) is 0 Å². The van der Waals surface area contributed by atoms with E-state index >= 15 is 0 Å². The van der Waals surface area contributed by atoms with Gasteiger partial charge in [0, 0.05) is 5.39 Å². The number of aromatic nitrogens is 3. The van der Waals surface area contributed by atoms with Crippen molar-refractivity contribution in [2.45, 2.75) is 0 Å². The van der Waals surface area contributed by atoms with Crippen molar-refractivity contribution in [2.75, 3.05) is 12.4 Å². The van der Waals surface area contributed by atoms with Crippen molar-refractivity contribution in [3.8, 4) is 6.01 Å². The molecule has 0 aliphatic heterocycles. The summed E-state index contributed by atoms with van der Waals surface area (Å²) >= 11 is 0. The first-order valence-corrected chi connectivity index (χ1v) is 5.98. The Morgan fingerprint density at radius 2 is 2.19 bits per heavy atom. The summed E-state index contributed by atoms with van der Waals surface area (Å²) in [5, 5.41) is 9.20. The van der Waals surface area contributed by atoms with Crippen LogP contribution in [0.15, 0.2) is 39.5 Å². The van der Waals surface area contributed by atoms with E-state index in [9.17, 15) is 9.59 Å². The Morgan fingerprint density at radius 3 is 2.95 bits per heavy atom. The van der Waals surface area contributed by atoms with Gasteiger partial charge in [-0.05, 0) is 12.1 Å². The third-order valence-electron chi connectivity index (χ3n) is 2.77. The third-order valence-corrected chi connectivity index (χ3v) is 2.77. The minimum Gasteiger partial charge on any atom is -0.466 e. The number of H-pyrrole nitrogens is 1. The number of carbonyl (C=O) groups excluding carboxylic acids is 1. The standard InChI is InChI=1S/C13H10N4O4/c1-20-13-15-12(16-17-13)14-10(18)8-6-7-4-2-3-5-9(7)21-11(8)19/h2-6H,1H3,(H2,14,15,16,17,18). The summed E-state index contributed by atoms with van der Waals surface area (Å²) in [4.78, 5) is 27.7. The molecule has 0 spiro atoms. The molecule has 2 heterocycles. The molecular formula is C13H10N4O4. The summed E-state index contributed by atoms with van der Waals surface area (Å²) in [5.41, 5.74) is -0.429. The van der Waals surface area contributed by atoms with E-state index < -0.39 is 11.5 Å². The molecule has 0 saturated carbocycles. The first-order chi connectivity index (χ1) is 10.2. The van der Waals surface area contributed by atoms with Crippen molar-refractivity contribution < 1.29 is 13.9 Å². The van der Waals surface area contributed by atoms with Gasteiger partial charge in [0.05, 0.1) is 7.11 Å². The smallest absolute Gasteiger partial charge is 0.349 e. The minimum atomic E-state index is -0.724. The fourth-order valence-electron chi connectivity index (χ4n) is 1.79. The van der Waals surface area contributed by atoms with Crippen molar-refractivity contribution in [3.63, 3.8) is 0 Å². The summed E-state index contributed by atoms with van der Waals surface area (Å²) in [5.74, 6) is -0.572. The van der Waals surface area contributed by atoms with Crippen molar-refractivity contribution >= 4 is 22.8 Å². The molecule has 2 aromatic heterocycles. The summed E-state index contributed by atoms with van der Waals surface area (Å²) in [7, 11) is 1.40. The number of hydrogen-bond acceptors (Lipinski definition) is 6. The number of rotatable bonds is 3. The minimum absolute atomic E-state index is 0.0735. The fraction of sp³-hybridized carbons (Fsp3) is 0.0769. The average Bonchev–Trinajstić information content (AvgIpc) is 2.94. The van der Waals surface area contributed by atoms with Gasteiger partial charge in [-0.15, -0.1) is 5.10 Å². The predicted octanol–water partition coefficient (Wildman–Crippen LogP) is 1.17. The zero-order chi connectivity index (χ0) is 14.8. The molecule has 0 aliphatic carbocycles. The topological polar surface area (TPSA) is 110 Å². The van der Waals surface area contributed by atoms with Crippen LogP contribution in [-0.2, 0) is 0 Å². The van der Waals surface area contributed by atoms with E-state index in [0.717, 1.165) is 0 Å². The van der Waals surface area contributed by atoms with E-state index in [-0.39, 0.29) is 17.5 Å². The number of amides is 1. The van der Waals surface area contributed by atoms with Crippen LogP contribution < -0.4 is 15.7 Å². The number of aromatic amines is 1. The Labute approximate surface area is 117 Å². The summed E-state index contributed by atoms with van der Waals surface area (Å²) < 4.78 is 9.87. The van der Waals surface area contributed by atoms with Crippen molar-refractivity contribution in [1.29, 1.82) is 0 Å². The molecule has 106 valence electrons. The maximum absolute atomic E-state index is 12.1. The Balaban J connectivity index is 1.93. The Kier molecular flexibility index (Phi) is 3.11. The van der Waals surface area contributed by atoms with Gasteiger partial charge >= 0.3 is 11.6 Å². The van der Waals surface area contributed by atoms with E-state index in [0.29, 0.717) is 11.0 Å². The van der Waals surface area contributed by atoms with Crippen LogP contribution in [0.25, 0.3) is 11.0 Å². The Bertz CT molecular complexity index is 868. The number of ether oxygens (including phenoxy) is 1. The molecule has 0 fully saturated rings. The zero-order valence-electron chi connectivity index (χ0n) is 10.9. The Morgan fingerprint density at radius 1 is 1.38 bits per heavy atom. The van der Waals surface area contributed by atoms with Gasteiger partial charge in [0.25, 0.3) is 5.91 Å². The van der Waals surface area contributed by atoms with Crippen LogP contribution >= 0.6 is 0 Å². The van der Waals surface area contributed by atoms with Crippen molar-refractivity contribution in [3.05, 3.63) is 46.3 Å². The van der Waals surface area contributed by atoms with Gasteiger partial charge in [-0.3, -0.25) is 10.1 Å². The first-order valence-electron chi connectivity index (χ1n) is 5.98. The summed E-state index contributed by atoms with van der Waals surface area (Å²) in [6, 6.07) is 8.46. The largest absolute Gasteiger partial charge is 0.466 e. The molecule has 0 aliphatic rings. The first kappa shape index (κ1) is 12.9. The average molecular weight is 286 g/mol. The number of nitrogens with one attached hydrogen (secondary N) is 2. The fourth-order valence-corrected chi connectivity index (χ4v) is 1.79. The molecule has 3 rings (SSSR count). The van der Waals surface area contributed by atoms with Gasteiger partial charge < -0.3 is 9.15 Å². The summed E-state index contributed by atoms with van der Waals surface area (Å²) in [6.07, 6.45) is 0. The number of hydrogen-bond donors (Lipinski definition) is 2. The molecule has 3 aromatic rings. The maximum Gasteiger partial charge on any atom is 0.349 e. The van der Waals surface area contributed by atoms with Crippen molar-refractivity contribution in [1.82, 2.24) is 15.2 Å². The van der Waals surface area contributed by atoms with Gasteiger partial charge in [-0.1, -0.05) is 18.2 Å². The van der Waals surface area contributed by atoms with E-state index in [4.69, 9.17) is 9.15 Å². The van der Waals surface area contributed by atoms with Gasteiger partial charge in [0.2, 0.25) is 5.95 Å². The number of methoxy groups -OCH3 is 1. The van der Waals surface area contributed by atoms with Crippen LogP contribution in [-0.4, -0.2) is 28.2 Å². The molecule has 21 heavy (non-hydrogen) atoms. The van der Waals surface area contributed by atoms with Crippen molar-refractivity contribution in [2.24, 2.45) is 0 Å². The van der Waals surface area contributed by atoms with Crippen LogP contribution in [0.1, 0.15) is 10.4 Å². The Hall–Kier alpha value is -3.16. The highest BCUT2D eigenvalue weighted by Gasteiger charge is 2.15. The third kappa shape index (κ3) is 2.46. The lowest BCUT2D eigenvalue weighted by atomic mass is 10.2. The molecular weight excluding hydrogens is 276 g/mol. The molecule has 1 aromatic carbocycles. The van der Waals surface area contributed by atoms with E-state index in [2.05, 4.69) is 20.5 Å². The number of para-hydroxylation sites is 1. The number of fused-ring (bicyclic) bond motifs is 1. The SMILES string of the molecule is COc1n[nH]c(NC(=O)c2cc3ccccc3oc2=O)n1. The number of nitrogens with zero attached hydrogens (tertiary/aromatic N) is 2. The van der Waals surface area contributed by atoms with Crippen LogP contribution in [0.4, 0.5) is 5.95 Å². The number of carbonyl (C=O) groups is 1. The van der Waals surface area contributed by atoms with Gasteiger partial charge in [0.1, 0.15) is 11.1 Å². The number of anilines is 1. The molecule has 0 saturated heterocycles. The highest BCUT2D eigenvalue weighted by atomic mass is 16.5. The lowest BCUT2D eigenvalue weighted by Gasteiger charge is -2.01. The maximum atomic E-state index is 12.1.